The maximum absolute atomic E-state index is 13.2. The quantitative estimate of drug-likeness (QED) is 0.290. The number of anilines is 1. The molecule has 3 aromatic carbocycles. The van der Waals surface area contributed by atoms with Crippen LogP contribution < -0.4 is 19.1 Å². The Kier molecular flexibility index (Phi) is 7.31. The monoisotopic (exact) mass is 551 g/mol. The molecule has 1 atom stereocenters. The van der Waals surface area contributed by atoms with Crippen LogP contribution in [0.4, 0.5) is 45.2 Å². The molecule has 0 aliphatic carbocycles. The largest absolute Gasteiger partial charge is 0.573 e. The summed E-state index contributed by atoms with van der Waals surface area (Å²) >= 11 is 0. The summed E-state index contributed by atoms with van der Waals surface area (Å²) in [4.78, 5) is 1.35. The van der Waals surface area contributed by atoms with E-state index >= 15 is 0 Å². The molecule has 4 rings (SSSR count). The molecule has 0 saturated carbocycles. The van der Waals surface area contributed by atoms with Crippen LogP contribution in [-0.4, -0.2) is 32.1 Å². The van der Waals surface area contributed by atoms with Crippen molar-refractivity contribution in [2.24, 2.45) is 0 Å². The molecule has 204 valence electrons. The van der Waals surface area contributed by atoms with Crippen molar-refractivity contribution < 1.29 is 53.7 Å². The van der Waals surface area contributed by atoms with Crippen LogP contribution in [0.2, 0.25) is 0 Å². The van der Waals surface area contributed by atoms with Crippen LogP contribution in [0.25, 0.3) is 11.1 Å². The number of fused-ring (bicyclic) bond motifs is 1. The van der Waals surface area contributed by atoms with Crippen molar-refractivity contribution >= 4 is 5.69 Å². The Morgan fingerprint density at radius 2 is 1.37 bits per heavy atom. The number of halogens is 9. The Morgan fingerprint density at radius 1 is 0.763 bits per heavy atom. The maximum Gasteiger partial charge on any atom is 0.573 e. The van der Waals surface area contributed by atoms with Crippen molar-refractivity contribution in [2.75, 3.05) is 18.1 Å². The predicted octanol–water partition coefficient (Wildman–Crippen LogP) is 8.04. The van der Waals surface area contributed by atoms with Gasteiger partial charge in [-0.15, -0.1) is 26.3 Å². The molecule has 0 unspecified atom stereocenters. The van der Waals surface area contributed by atoms with E-state index in [1.165, 1.54) is 47.4 Å². The summed E-state index contributed by atoms with van der Waals surface area (Å²) < 4.78 is 130. The SMILES string of the molecule is FC(F)(F)CCN1c2cccc(-c3cccc(OC(F)(F)F)c3)c2OC[C@@H]1c1cccc(OC(F)(F)F)c1. The number of hydrogen-bond donors (Lipinski definition) is 0. The van der Waals surface area contributed by atoms with Crippen LogP contribution in [-0.2, 0) is 0 Å². The first-order valence-electron chi connectivity index (χ1n) is 11.0. The number of benzene rings is 3. The fourth-order valence-corrected chi connectivity index (χ4v) is 4.13. The highest BCUT2D eigenvalue weighted by Gasteiger charge is 2.36. The second-order valence-corrected chi connectivity index (χ2v) is 8.24. The lowest BCUT2D eigenvalue weighted by atomic mass is 9.98. The van der Waals surface area contributed by atoms with Crippen molar-refractivity contribution in [1.82, 2.24) is 0 Å². The molecule has 0 amide bonds. The number of nitrogens with zero attached hydrogens (tertiary/aromatic N) is 1. The number of hydrogen-bond acceptors (Lipinski definition) is 4. The van der Waals surface area contributed by atoms with E-state index in [9.17, 15) is 39.5 Å². The molecule has 13 heteroatoms. The highest BCUT2D eigenvalue weighted by molar-refractivity contribution is 5.80. The summed E-state index contributed by atoms with van der Waals surface area (Å²) in [5.41, 5.74) is 0.941. The van der Waals surface area contributed by atoms with E-state index < -0.39 is 49.4 Å². The second kappa shape index (κ2) is 10.2. The zero-order chi connectivity index (χ0) is 27.7. The van der Waals surface area contributed by atoms with Gasteiger partial charge in [-0.1, -0.05) is 36.4 Å². The minimum absolute atomic E-state index is 0.109. The molecule has 0 saturated heterocycles. The molecule has 1 aliphatic heterocycles. The third-order valence-corrected chi connectivity index (χ3v) is 5.56. The smallest absolute Gasteiger partial charge is 0.488 e. The highest BCUT2D eigenvalue weighted by atomic mass is 19.4. The van der Waals surface area contributed by atoms with Gasteiger partial charge in [-0.05, 0) is 41.5 Å². The topological polar surface area (TPSA) is 30.9 Å². The van der Waals surface area contributed by atoms with Crippen LogP contribution in [0.5, 0.6) is 17.2 Å². The fraction of sp³-hybridized carbons (Fsp3) is 0.280. The Morgan fingerprint density at radius 3 is 2.00 bits per heavy atom. The summed E-state index contributed by atoms with van der Waals surface area (Å²) in [5.74, 6) is -0.943. The number of ether oxygens (including phenoxy) is 3. The third-order valence-electron chi connectivity index (χ3n) is 5.56. The zero-order valence-electron chi connectivity index (χ0n) is 19.1. The molecule has 38 heavy (non-hydrogen) atoms. The Balaban J connectivity index is 1.74. The van der Waals surface area contributed by atoms with E-state index in [-0.39, 0.29) is 29.2 Å². The van der Waals surface area contributed by atoms with Crippen molar-refractivity contribution in [3.8, 4) is 28.4 Å². The van der Waals surface area contributed by atoms with E-state index in [1.807, 2.05) is 0 Å². The Labute approximate surface area is 210 Å². The van der Waals surface area contributed by atoms with Crippen LogP contribution in [0, 0.1) is 0 Å². The first-order valence-corrected chi connectivity index (χ1v) is 11.0. The highest BCUT2D eigenvalue weighted by Crippen LogP contribution is 2.46. The summed E-state index contributed by atoms with van der Waals surface area (Å²) in [7, 11) is 0. The van der Waals surface area contributed by atoms with Gasteiger partial charge in [0.1, 0.15) is 18.1 Å². The lowest BCUT2D eigenvalue weighted by Crippen LogP contribution is -2.39. The van der Waals surface area contributed by atoms with Gasteiger partial charge in [-0.3, -0.25) is 0 Å². The third kappa shape index (κ3) is 6.95. The van der Waals surface area contributed by atoms with Crippen molar-refractivity contribution in [3.05, 3.63) is 72.3 Å². The normalized spacial score (nSPS) is 16.0. The predicted molar refractivity (Wildman–Crippen MR) is 118 cm³/mol. The lowest BCUT2D eigenvalue weighted by Gasteiger charge is -2.40. The Hall–Kier alpha value is -3.77. The number of rotatable bonds is 6. The molecule has 1 aliphatic rings. The van der Waals surface area contributed by atoms with Gasteiger partial charge in [0.25, 0.3) is 0 Å². The molecule has 0 aromatic heterocycles. The van der Waals surface area contributed by atoms with E-state index in [4.69, 9.17) is 4.74 Å². The molecule has 0 N–H and O–H groups in total. The Bertz CT molecular complexity index is 1270. The lowest BCUT2D eigenvalue weighted by molar-refractivity contribution is -0.275. The summed E-state index contributed by atoms with van der Waals surface area (Å²) in [6, 6.07) is 13.4. The van der Waals surface area contributed by atoms with Crippen molar-refractivity contribution in [1.29, 1.82) is 0 Å². The van der Waals surface area contributed by atoms with Crippen LogP contribution in [0.1, 0.15) is 18.0 Å². The van der Waals surface area contributed by atoms with Crippen LogP contribution in [0.15, 0.2) is 66.7 Å². The zero-order valence-corrected chi connectivity index (χ0v) is 19.1. The molecule has 3 aromatic rings. The average molecular weight is 551 g/mol. The molecule has 0 spiro atoms. The molecule has 0 fully saturated rings. The molecule has 0 radical (unpaired) electrons. The van der Waals surface area contributed by atoms with Gasteiger partial charge < -0.3 is 19.1 Å². The van der Waals surface area contributed by atoms with Gasteiger partial charge in [-0.2, -0.15) is 13.2 Å². The molecular weight excluding hydrogens is 533 g/mol. The van der Waals surface area contributed by atoms with Gasteiger partial charge in [0.05, 0.1) is 18.2 Å². The van der Waals surface area contributed by atoms with E-state index in [0.29, 0.717) is 5.56 Å². The van der Waals surface area contributed by atoms with Crippen molar-refractivity contribution in [3.63, 3.8) is 0 Å². The minimum Gasteiger partial charge on any atom is -0.488 e. The summed E-state index contributed by atoms with van der Waals surface area (Å²) in [5, 5.41) is 0. The number of para-hydroxylation sites is 1. The summed E-state index contributed by atoms with van der Waals surface area (Å²) in [6.07, 6.45) is -15.7. The van der Waals surface area contributed by atoms with Gasteiger partial charge in [-0.25, -0.2) is 0 Å². The van der Waals surface area contributed by atoms with Crippen molar-refractivity contribution in [2.45, 2.75) is 31.4 Å². The average Bonchev–Trinajstić information content (AvgIpc) is 2.79. The number of alkyl halides is 9. The van der Waals surface area contributed by atoms with Gasteiger partial charge >= 0.3 is 18.9 Å². The van der Waals surface area contributed by atoms with Crippen LogP contribution >= 0.6 is 0 Å². The molecule has 4 nitrogen and oxygen atoms in total. The summed E-state index contributed by atoms with van der Waals surface area (Å²) in [6.45, 7) is -0.814. The van der Waals surface area contributed by atoms with Gasteiger partial charge in [0.15, 0.2) is 5.75 Å². The second-order valence-electron chi connectivity index (χ2n) is 8.24. The molecule has 0 bridgehead atoms. The molecular formula is C25H18F9NO3. The van der Waals surface area contributed by atoms with E-state index in [2.05, 4.69) is 9.47 Å². The van der Waals surface area contributed by atoms with E-state index in [1.54, 1.807) is 0 Å². The van der Waals surface area contributed by atoms with Crippen LogP contribution in [0.3, 0.4) is 0 Å². The first-order chi connectivity index (χ1) is 17.7. The fourth-order valence-electron chi connectivity index (χ4n) is 4.13. The first kappa shape index (κ1) is 27.3. The minimum atomic E-state index is -4.97. The maximum atomic E-state index is 13.2. The molecule has 1 heterocycles. The van der Waals surface area contributed by atoms with Gasteiger partial charge in [0.2, 0.25) is 0 Å². The standard InChI is InChI=1S/C25H18F9NO3/c26-23(27,28)10-11-35-20-9-3-8-19(15-4-1-6-17(12-15)37-24(29,30)31)22(20)36-14-21(35)16-5-2-7-18(13-16)38-25(32,33)34/h1-9,12-13,21H,10-11,14H2/t21-/m1/s1. The van der Waals surface area contributed by atoms with E-state index in [0.717, 1.165) is 24.3 Å². The van der Waals surface area contributed by atoms with Gasteiger partial charge in [0, 0.05) is 12.1 Å².